The number of halogens is 1. The quantitative estimate of drug-likeness (QED) is 0.515. The van der Waals surface area contributed by atoms with Crippen molar-refractivity contribution in [2.45, 2.75) is 59.0 Å². The van der Waals surface area contributed by atoms with E-state index in [9.17, 15) is 18.8 Å². The summed E-state index contributed by atoms with van der Waals surface area (Å²) in [4.78, 5) is 39.0. The Labute approximate surface area is 202 Å². The van der Waals surface area contributed by atoms with E-state index < -0.39 is 0 Å². The van der Waals surface area contributed by atoms with Crippen molar-refractivity contribution in [1.29, 1.82) is 0 Å². The first-order valence-corrected chi connectivity index (χ1v) is 12.9. The Morgan fingerprint density at radius 1 is 1.09 bits per heavy atom. The molecule has 6 nitrogen and oxygen atoms in total. The van der Waals surface area contributed by atoms with Crippen molar-refractivity contribution in [2.75, 3.05) is 6.54 Å². The van der Waals surface area contributed by atoms with E-state index in [1.807, 2.05) is 5.38 Å². The molecule has 1 saturated carbocycles. The van der Waals surface area contributed by atoms with Crippen LogP contribution in [0.25, 0.3) is 10.2 Å². The Morgan fingerprint density at radius 2 is 1.79 bits per heavy atom. The lowest BCUT2D eigenvalue weighted by Gasteiger charge is -2.28. The molecule has 0 atom stereocenters. The molecule has 34 heavy (non-hydrogen) atoms. The molecule has 0 bridgehead atoms. The van der Waals surface area contributed by atoms with Crippen molar-refractivity contribution in [2.24, 2.45) is 17.8 Å². The molecule has 3 aromatic rings. The van der Waals surface area contributed by atoms with E-state index in [1.54, 1.807) is 22.8 Å². The smallest absolute Gasteiger partial charge is 0.331 e. The molecule has 182 valence electrons. The maximum Gasteiger partial charge on any atom is 0.331 e. The predicted molar refractivity (Wildman–Crippen MR) is 134 cm³/mol. The summed E-state index contributed by atoms with van der Waals surface area (Å²) in [6.07, 6.45) is 4.15. The minimum absolute atomic E-state index is 0.00930. The van der Waals surface area contributed by atoms with E-state index in [0.717, 1.165) is 37.7 Å². The van der Waals surface area contributed by atoms with Crippen molar-refractivity contribution in [3.05, 3.63) is 67.9 Å². The van der Waals surface area contributed by atoms with E-state index in [4.69, 9.17) is 0 Å². The van der Waals surface area contributed by atoms with Gasteiger partial charge in [-0.15, -0.1) is 11.3 Å². The second-order valence-corrected chi connectivity index (χ2v) is 10.7. The van der Waals surface area contributed by atoms with Crippen LogP contribution in [-0.4, -0.2) is 21.6 Å². The number of thiophene rings is 1. The molecular formula is C26H32FN3O3S. The number of hydrogen-bond donors (Lipinski definition) is 1. The van der Waals surface area contributed by atoms with Gasteiger partial charge in [0, 0.05) is 19.0 Å². The second kappa shape index (κ2) is 10.7. The summed E-state index contributed by atoms with van der Waals surface area (Å²) in [7, 11) is 0. The summed E-state index contributed by atoms with van der Waals surface area (Å²) in [6.45, 7) is 5.62. The van der Waals surface area contributed by atoms with Gasteiger partial charge in [-0.2, -0.15) is 0 Å². The number of nitrogens with one attached hydrogen (secondary N) is 1. The fourth-order valence-corrected chi connectivity index (χ4v) is 5.56. The predicted octanol–water partition coefficient (Wildman–Crippen LogP) is 4.38. The zero-order valence-electron chi connectivity index (χ0n) is 19.8. The van der Waals surface area contributed by atoms with Gasteiger partial charge in [-0.3, -0.25) is 18.7 Å². The SMILES string of the molecule is CC(C)CCNC(=O)C1CCC(Cn2c(=O)c3sccc3n(Cc3ccc(F)cc3)c2=O)CC1. The Hall–Kier alpha value is -2.74. The van der Waals surface area contributed by atoms with Gasteiger partial charge in [0.1, 0.15) is 10.5 Å². The molecule has 0 saturated heterocycles. The molecule has 0 radical (unpaired) electrons. The molecule has 0 aliphatic heterocycles. The van der Waals surface area contributed by atoms with Gasteiger partial charge < -0.3 is 5.32 Å². The molecule has 1 fully saturated rings. The zero-order valence-corrected chi connectivity index (χ0v) is 20.6. The maximum absolute atomic E-state index is 13.4. The maximum atomic E-state index is 13.4. The average molecular weight is 486 g/mol. The van der Waals surface area contributed by atoms with Crippen molar-refractivity contribution < 1.29 is 9.18 Å². The molecule has 2 aromatic heterocycles. The highest BCUT2D eigenvalue weighted by atomic mass is 32.1. The standard InChI is InChI=1S/C26H32FN3O3S/c1-17(2)11-13-28-24(31)20-7-3-18(4-8-20)16-30-25(32)23-22(12-14-34-23)29(26(30)33)15-19-5-9-21(27)10-6-19/h5-6,9-10,12,14,17-18,20H,3-4,7-8,11,13,15-16H2,1-2H3,(H,28,31). The van der Waals surface area contributed by atoms with Gasteiger partial charge in [0.25, 0.3) is 5.56 Å². The van der Waals surface area contributed by atoms with Crippen molar-refractivity contribution in [1.82, 2.24) is 14.5 Å². The number of carbonyl (C=O) groups excluding carboxylic acids is 1. The van der Waals surface area contributed by atoms with Gasteiger partial charge in [0.15, 0.2) is 0 Å². The molecule has 1 amide bonds. The van der Waals surface area contributed by atoms with Gasteiger partial charge in [-0.25, -0.2) is 9.18 Å². The summed E-state index contributed by atoms with van der Waals surface area (Å²) in [5.41, 5.74) is 0.820. The molecule has 8 heteroatoms. The van der Waals surface area contributed by atoms with Crippen LogP contribution in [0, 0.1) is 23.6 Å². The van der Waals surface area contributed by atoms with Gasteiger partial charge in [-0.1, -0.05) is 26.0 Å². The lowest BCUT2D eigenvalue weighted by atomic mass is 9.81. The van der Waals surface area contributed by atoms with E-state index in [1.165, 1.54) is 28.0 Å². The summed E-state index contributed by atoms with van der Waals surface area (Å²) in [5, 5.41) is 4.87. The fraction of sp³-hybridized carbons (Fsp3) is 0.500. The number of aromatic nitrogens is 2. The average Bonchev–Trinajstić information content (AvgIpc) is 3.31. The Morgan fingerprint density at radius 3 is 2.47 bits per heavy atom. The second-order valence-electron chi connectivity index (χ2n) is 9.74. The van der Waals surface area contributed by atoms with Crippen LogP contribution in [0.1, 0.15) is 51.5 Å². The fourth-order valence-electron chi connectivity index (χ4n) is 4.71. The van der Waals surface area contributed by atoms with Crippen LogP contribution in [0.5, 0.6) is 0 Å². The Kier molecular flexibility index (Phi) is 7.66. The summed E-state index contributed by atoms with van der Waals surface area (Å²) in [6, 6.07) is 7.85. The normalized spacial score (nSPS) is 18.5. The summed E-state index contributed by atoms with van der Waals surface area (Å²) in [5.74, 6) is 0.544. The third kappa shape index (κ3) is 5.49. The largest absolute Gasteiger partial charge is 0.356 e. The number of hydrogen-bond acceptors (Lipinski definition) is 4. The molecular weight excluding hydrogens is 453 g/mol. The highest BCUT2D eigenvalue weighted by Crippen LogP contribution is 2.30. The van der Waals surface area contributed by atoms with Gasteiger partial charge >= 0.3 is 5.69 Å². The van der Waals surface area contributed by atoms with Crippen LogP contribution < -0.4 is 16.6 Å². The first kappa shape index (κ1) is 24.4. The minimum Gasteiger partial charge on any atom is -0.356 e. The van der Waals surface area contributed by atoms with Crippen LogP contribution in [0.4, 0.5) is 4.39 Å². The highest BCUT2D eigenvalue weighted by Gasteiger charge is 2.27. The number of carbonyl (C=O) groups is 1. The Bertz CT molecular complexity index is 1250. The van der Waals surface area contributed by atoms with Gasteiger partial charge in [0.2, 0.25) is 5.91 Å². The van der Waals surface area contributed by atoms with Gasteiger partial charge in [-0.05, 0) is 73.1 Å². The van der Waals surface area contributed by atoms with Gasteiger partial charge in [0.05, 0.1) is 12.1 Å². The third-order valence-corrected chi connectivity index (χ3v) is 7.66. The van der Waals surface area contributed by atoms with Crippen LogP contribution in [0.3, 0.4) is 0 Å². The van der Waals surface area contributed by atoms with Crippen molar-refractivity contribution in [3.63, 3.8) is 0 Å². The molecule has 0 spiro atoms. The lowest BCUT2D eigenvalue weighted by molar-refractivity contribution is -0.126. The number of benzene rings is 1. The van der Waals surface area contributed by atoms with Crippen LogP contribution in [0.15, 0.2) is 45.3 Å². The summed E-state index contributed by atoms with van der Waals surface area (Å²) >= 11 is 1.33. The molecule has 1 aromatic carbocycles. The number of rotatable bonds is 8. The number of nitrogens with zero attached hydrogens (tertiary/aromatic N) is 2. The first-order valence-electron chi connectivity index (χ1n) is 12.1. The zero-order chi connectivity index (χ0) is 24.2. The van der Waals surface area contributed by atoms with E-state index in [2.05, 4.69) is 19.2 Å². The van der Waals surface area contributed by atoms with E-state index in [-0.39, 0.29) is 41.4 Å². The molecule has 2 heterocycles. The van der Waals surface area contributed by atoms with E-state index in [0.29, 0.717) is 29.2 Å². The molecule has 1 N–H and O–H groups in total. The summed E-state index contributed by atoms with van der Waals surface area (Å²) < 4.78 is 16.8. The molecule has 1 aliphatic carbocycles. The monoisotopic (exact) mass is 485 g/mol. The van der Waals surface area contributed by atoms with Crippen LogP contribution in [-0.2, 0) is 17.9 Å². The topological polar surface area (TPSA) is 73.1 Å². The first-order chi connectivity index (χ1) is 16.3. The minimum atomic E-state index is -0.339. The lowest BCUT2D eigenvalue weighted by Crippen LogP contribution is -2.42. The van der Waals surface area contributed by atoms with Crippen molar-refractivity contribution in [3.8, 4) is 0 Å². The third-order valence-electron chi connectivity index (χ3n) is 6.77. The number of fused-ring (bicyclic) bond motifs is 1. The van der Waals surface area contributed by atoms with Crippen LogP contribution in [0.2, 0.25) is 0 Å². The highest BCUT2D eigenvalue weighted by molar-refractivity contribution is 7.17. The molecule has 0 unspecified atom stereocenters. The van der Waals surface area contributed by atoms with Crippen LogP contribution >= 0.6 is 11.3 Å². The molecule has 1 aliphatic rings. The Balaban J connectivity index is 1.48. The number of amides is 1. The van der Waals surface area contributed by atoms with E-state index >= 15 is 0 Å². The molecule has 4 rings (SSSR count). The van der Waals surface area contributed by atoms with Crippen molar-refractivity contribution >= 4 is 27.5 Å².